The molecule has 29 heavy (non-hydrogen) atoms. The maximum Gasteiger partial charge on any atom is 0.238 e. The van der Waals surface area contributed by atoms with E-state index in [0.717, 1.165) is 29.7 Å². The lowest BCUT2D eigenvalue weighted by Crippen LogP contribution is -2.42. The average Bonchev–Trinajstić information content (AvgIpc) is 3.23. The zero-order chi connectivity index (χ0) is 20.6. The molecule has 1 amide bonds. The highest BCUT2D eigenvalue weighted by atomic mass is 16.5. The smallest absolute Gasteiger partial charge is 0.238 e. The lowest BCUT2D eigenvalue weighted by atomic mass is 10.0. The number of carbonyl (C=O) groups is 1. The second-order valence-corrected chi connectivity index (χ2v) is 7.98. The van der Waals surface area contributed by atoms with Gasteiger partial charge in [0, 0.05) is 12.1 Å². The van der Waals surface area contributed by atoms with Crippen LogP contribution in [-0.2, 0) is 11.3 Å². The third-order valence-corrected chi connectivity index (χ3v) is 5.38. The number of nitrogens with one attached hydrogen (secondary N) is 3. The Morgan fingerprint density at radius 2 is 1.90 bits per heavy atom. The van der Waals surface area contributed by atoms with Crippen LogP contribution >= 0.6 is 0 Å². The Balaban J connectivity index is 1.53. The van der Waals surface area contributed by atoms with Crippen LogP contribution in [0.1, 0.15) is 68.7 Å². The van der Waals surface area contributed by atoms with Crippen molar-refractivity contribution in [3.05, 3.63) is 65.2 Å². The standard InChI is InChI=1S/C24H33N3O2/c1-4-5-14-29-23-9-7-6-8-20(23)21-15-22(27-26-21)24(28)25-16-18-10-12-19(13-11-18)17(2)3/h6-13,17,21-22,26-27H,4-5,14-16H2,1-3H3,(H,25,28). The number of rotatable bonds is 9. The van der Waals surface area contributed by atoms with Crippen LogP contribution in [0.5, 0.6) is 5.75 Å². The van der Waals surface area contributed by atoms with E-state index in [4.69, 9.17) is 4.74 Å². The van der Waals surface area contributed by atoms with Gasteiger partial charge in [-0.05, 0) is 36.0 Å². The van der Waals surface area contributed by atoms with E-state index in [1.807, 2.05) is 18.2 Å². The molecule has 2 aromatic rings. The summed E-state index contributed by atoms with van der Waals surface area (Å²) >= 11 is 0. The third-order valence-electron chi connectivity index (χ3n) is 5.38. The van der Waals surface area contributed by atoms with Gasteiger partial charge in [-0.3, -0.25) is 4.79 Å². The fraction of sp³-hybridized carbons (Fsp3) is 0.458. The number of unbranched alkanes of at least 4 members (excludes halogenated alkanes) is 1. The molecular formula is C24H33N3O2. The van der Waals surface area contributed by atoms with Crippen molar-refractivity contribution >= 4 is 5.91 Å². The highest BCUT2D eigenvalue weighted by Gasteiger charge is 2.31. The lowest BCUT2D eigenvalue weighted by Gasteiger charge is -2.16. The number of hydrogen-bond donors (Lipinski definition) is 3. The molecule has 0 bridgehead atoms. The second-order valence-electron chi connectivity index (χ2n) is 7.98. The van der Waals surface area contributed by atoms with Crippen molar-refractivity contribution in [1.82, 2.24) is 16.2 Å². The first-order valence-electron chi connectivity index (χ1n) is 10.7. The highest BCUT2D eigenvalue weighted by Crippen LogP contribution is 2.30. The summed E-state index contributed by atoms with van der Waals surface area (Å²) < 4.78 is 5.95. The molecule has 2 unspecified atom stereocenters. The minimum absolute atomic E-state index is 0.0114. The molecule has 156 valence electrons. The van der Waals surface area contributed by atoms with Gasteiger partial charge in [-0.15, -0.1) is 0 Å². The summed E-state index contributed by atoms with van der Waals surface area (Å²) in [6.07, 6.45) is 2.83. The van der Waals surface area contributed by atoms with Crippen LogP contribution in [0.4, 0.5) is 0 Å². The van der Waals surface area contributed by atoms with Gasteiger partial charge in [-0.2, -0.15) is 0 Å². The minimum Gasteiger partial charge on any atom is -0.493 e. The molecule has 1 aliphatic heterocycles. The summed E-state index contributed by atoms with van der Waals surface area (Å²) in [4.78, 5) is 12.6. The first-order valence-corrected chi connectivity index (χ1v) is 10.7. The number of benzene rings is 2. The molecule has 1 saturated heterocycles. The maximum atomic E-state index is 12.6. The number of para-hydroxylation sites is 1. The minimum atomic E-state index is -0.265. The summed E-state index contributed by atoms with van der Waals surface area (Å²) in [6, 6.07) is 16.3. The number of hydrazine groups is 1. The zero-order valence-corrected chi connectivity index (χ0v) is 17.7. The molecule has 0 radical (unpaired) electrons. The van der Waals surface area contributed by atoms with E-state index < -0.39 is 0 Å². The fourth-order valence-electron chi connectivity index (χ4n) is 3.49. The number of ether oxygens (including phenoxy) is 1. The summed E-state index contributed by atoms with van der Waals surface area (Å²) in [5, 5.41) is 3.05. The molecule has 5 heteroatoms. The number of amides is 1. The topological polar surface area (TPSA) is 62.4 Å². The Kier molecular flexibility index (Phi) is 7.67. The molecule has 5 nitrogen and oxygen atoms in total. The first kappa shape index (κ1) is 21.3. The summed E-state index contributed by atoms with van der Waals surface area (Å²) in [5.41, 5.74) is 9.92. The zero-order valence-electron chi connectivity index (χ0n) is 17.7. The van der Waals surface area contributed by atoms with Crippen molar-refractivity contribution in [2.24, 2.45) is 0 Å². The van der Waals surface area contributed by atoms with Crippen molar-refractivity contribution in [2.75, 3.05) is 6.61 Å². The van der Waals surface area contributed by atoms with Crippen molar-refractivity contribution in [3.8, 4) is 5.75 Å². The predicted octanol–water partition coefficient (Wildman–Crippen LogP) is 4.21. The van der Waals surface area contributed by atoms with Crippen molar-refractivity contribution in [2.45, 2.75) is 64.6 Å². The third kappa shape index (κ3) is 5.81. The van der Waals surface area contributed by atoms with Crippen LogP contribution in [0.3, 0.4) is 0 Å². The van der Waals surface area contributed by atoms with Crippen LogP contribution in [0, 0.1) is 0 Å². The van der Waals surface area contributed by atoms with Gasteiger partial charge in [0.25, 0.3) is 0 Å². The summed E-state index contributed by atoms with van der Waals surface area (Å²) in [6.45, 7) is 7.77. The van der Waals surface area contributed by atoms with Gasteiger partial charge in [-0.25, -0.2) is 10.9 Å². The van der Waals surface area contributed by atoms with E-state index in [-0.39, 0.29) is 18.0 Å². The molecule has 3 rings (SSSR count). The van der Waals surface area contributed by atoms with Crippen LogP contribution in [-0.4, -0.2) is 18.6 Å². The van der Waals surface area contributed by atoms with Gasteiger partial charge >= 0.3 is 0 Å². The molecular weight excluding hydrogens is 362 g/mol. The Morgan fingerprint density at radius 3 is 2.62 bits per heavy atom. The molecule has 0 aromatic heterocycles. The molecule has 0 aliphatic carbocycles. The molecule has 0 spiro atoms. The van der Waals surface area contributed by atoms with Crippen LogP contribution in [0.2, 0.25) is 0 Å². The van der Waals surface area contributed by atoms with Gasteiger partial charge in [0.05, 0.1) is 12.6 Å². The highest BCUT2D eigenvalue weighted by molar-refractivity contribution is 5.82. The molecule has 1 aliphatic rings. The second kappa shape index (κ2) is 10.4. The first-order chi connectivity index (χ1) is 14.1. The predicted molar refractivity (Wildman–Crippen MR) is 117 cm³/mol. The van der Waals surface area contributed by atoms with Crippen molar-refractivity contribution in [3.63, 3.8) is 0 Å². The van der Waals surface area contributed by atoms with Crippen molar-refractivity contribution in [1.29, 1.82) is 0 Å². The normalized spacial score (nSPS) is 18.8. The van der Waals surface area contributed by atoms with E-state index >= 15 is 0 Å². The van der Waals surface area contributed by atoms with Gasteiger partial charge in [0.1, 0.15) is 11.8 Å². The Bertz CT molecular complexity index is 789. The Labute approximate surface area is 174 Å². The van der Waals surface area contributed by atoms with Crippen LogP contribution in [0.15, 0.2) is 48.5 Å². The largest absolute Gasteiger partial charge is 0.493 e. The number of carbonyl (C=O) groups excluding carboxylic acids is 1. The van der Waals surface area contributed by atoms with E-state index in [1.165, 1.54) is 5.56 Å². The SMILES string of the molecule is CCCCOc1ccccc1C1CC(C(=O)NCc2ccc(C(C)C)cc2)NN1. The molecule has 1 heterocycles. The summed E-state index contributed by atoms with van der Waals surface area (Å²) in [7, 11) is 0. The fourth-order valence-corrected chi connectivity index (χ4v) is 3.49. The van der Waals surface area contributed by atoms with E-state index in [2.05, 4.69) is 67.3 Å². The van der Waals surface area contributed by atoms with E-state index in [0.29, 0.717) is 25.5 Å². The Hall–Kier alpha value is -2.37. The van der Waals surface area contributed by atoms with Gasteiger partial charge in [-0.1, -0.05) is 69.7 Å². The molecule has 1 fully saturated rings. The summed E-state index contributed by atoms with van der Waals surface area (Å²) in [5.74, 6) is 1.42. The quantitative estimate of drug-likeness (QED) is 0.557. The lowest BCUT2D eigenvalue weighted by molar-refractivity contribution is -0.123. The Morgan fingerprint density at radius 1 is 1.14 bits per heavy atom. The molecule has 2 atom stereocenters. The van der Waals surface area contributed by atoms with E-state index in [1.54, 1.807) is 0 Å². The van der Waals surface area contributed by atoms with Crippen LogP contribution in [0.25, 0.3) is 0 Å². The molecule has 0 saturated carbocycles. The molecule has 3 N–H and O–H groups in total. The van der Waals surface area contributed by atoms with Crippen molar-refractivity contribution < 1.29 is 9.53 Å². The maximum absolute atomic E-state index is 12.6. The number of hydrogen-bond acceptors (Lipinski definition) is 4. The molecule has 2 aromatic carbocycles. The van der Waals surface area contributed by atoms with Crippen LogP contribution < -0.4 is 20.9 Å². The van der Waals surface area contributed by atoms with Gasteiger partial charge < -0.3 is 10.1 Å². The average molecular weight is 396 g/mol. The van der Waals surface area contributed by atoms with E-state index in [9.17, 15) is 4.79 Å². The van der Waals surface area contributed by atoms with Gasteiger partial charge in [0.15, 0.2) is 0 Å². The van der Waals surface area contributed by atoms with Gasteiger partial charge in [0.2, 0.25) is 5.91 Å². The monoisotopic (exact) mass is 395 g/mol.